The lowest BCUT2D eigenvalue weighted by molar-refractivity contribution is -0.160. The van der Waals surface area contributed by atoms with Gasteiger partial charge in [0.2, 0.25) is 0 Å². The molecule has 1 aliphatic carbocycles. The van der Waals surface area contributed by atoms with E-state index in [2.05, 4.69) is 19.9 Å². The summed E-state index contributed by atoms with van der Waals surface area (Å²) in [7, 11) is 0. The van der Waals surface area contributed by atoms with E-state index in [1.54, 1.807) is 0 Å². The third-order valence-corrected chi connectivity index (χ3v) is 5.15. The first kappa shape index (κ1) is 19.4. The summed E-state index contributed by atoms with van der Waals surface area (Å²) in [4.78, 5) is 10.9. The number of hydrogen-bond donors (Lipinski definition) is 0. The van der Waals surface area contributed by atoms with Gasteiger partial charge in [0.15, 0.2) is 5.79 Å². The Kier molecular flexibility index (Phi) is 6.82. The molecule has 1 heterocycles. The topological polar surface area (TPSA) is 35.5 Å². The summed E-state index contributed by atoms with van der Waals surface area (Å²) < 4.78 is 12.6. The van der Waals surface area contributed by atoms with E-state index in [9.17, 15) is 4.79 Å². The molecule has 1 fully saturated rings. The number of carbonyl (C=O) groups is 1. The zero-order valence-electron chi connectivity index (χ0n) is 15.9. The maximum absolute atomic E-state index is 10.9. The van der Waals surface area contributed by atoms with Gasteiger partial charge in [-0.2, -0.15) is 0 Å². The van der Waals surface area contributed by atoms with Gasteiger partial charge in [-0.1, -0.05) is 56.8 Å². The van der Waals surface area contributed by atoms with Crippen LogP contribution in [0, 0.1) is 0 Å². The molecule has 136 valence electrons. The monoisotopic (exact) mass is 334 g/mol. The van der Waals surface area contributed by atoms with Crippen molar-refractivity contribution in [2.45, 2.75) is 103 Å². The number of hydrogen-bond acceptors (Lipinski definition) is 3. The molecule has 0 radical (unpaired) electrons. The van der Waals surface area contributed by atoms with Crippen LogP contribution in [-0.2, 0) is 14.3 Å². The maximum atomic E-state index is 10.9. The summed E-state index contributed by atoms with van der Waals surface area (Å²) in [6.45, 7) is 8.47. The molecule has 2 aliphatic rings. The Balaban J connectivity index is 1.97. The van der Waals surface area contributed by atoms with Crippen molar-refractivity contribution in [1.82, 2.24) is 0 Å². The van der Waals surface area contributed by atoms with E-state index in [1.807, 2.05) is 19.9 Å². The summed E-state index contributed by atoms with van der Waals surface area (Å²) >= 11 is 0. The van der Waals surface area contributed by atoms with Crippen LogP contribution in [0.1, 0.15) is 85.5 Å². The van der Waals surface area contributed by atoms with E-state index in [-0.39, 0.29) is 11.7 Å². The van der Waals surface area contributed by atoms with Crippen molar-refractivity contribution in [3.05, 3.63) is 23.3 Å². The molecule has 2 rings (SSSR count). The molecule has 0 saturated carbocycles. The second-order valence-electron chi connectivity index (χ2n) is 7.99. The summed E-state index contributed by atoms with van der Waals surface area (Å²) in [5, 5.41) is 0. The average molecular weight is 335 g/mol. The van der Waals surface area contributed by atoms with Crippen molar-refractivity contribution >= 4 is 6.29 Å². The van der Waals surface area contributed by atoms with Gasteiger partial charge >= 0.3 is 0 Å². The second-order valence-corrected chi connectivity index (χ2v) is 7.99. The first-order valence-corrected chi connectivity index (χ1v) is 9.60. The largest absolute Gasteiger partial charge is 0.344 e. The predicted octanol–water partition coefficient (Wildman–Crippen LogP) is 5.49. The molecule has 3 heteroatoms. The van der Waals surface area contributed by atoms with Crippen molar-refractivity contribution in [1.29, 1.82) is 0 Å². The minimum atomic E-state index is -0.512. The number of ether oxygens (including phenoxy) is 2. The molecule has 1 aliphatic heterocycles. The standard InChI is InChI=1S/C21H34O3/c1-5-6-7-8-9-10-19-21(4,24-20(2,3)23-19)15-17-11-13-18(16-22)14-12-17/h11,13,16,19H,5-10,12,14-15H2,1-4H3. The number of rotatable bonds is 9. The first-order valence-electron chi connectivity index (χ1n) is 9.60. The Labute approximate surface area is 147 Å². The Morgan fingerprint density at radius 2 is 1.88 bits per heavy atom. The molecular formula is C21H34O3. The normalized spacial score (nSPS) is 29.2. The van der Waals surface area contributed by atoms with E-state index in [4.69, 9.17) is 9.47 Å². The van der Waals surface area contributed by atoms with Gasteiger partial charge in [0, 0.05) is 6.42 Å². The predicted molar refractivity (Wildman–Crippen MR) is 97.9 cm³/mol. The number of allylic oxidation sites excluding steroid dienone is 3. The van der Waals surface area contributed by atoms with Crippen molar-refractivity contribution in [3.8, 4) is 0 Å². The Bertz CT molecular complexity index is 489. The lowest BCUT2D eigenvalue weighted by atomic mass is 9.84. The van der Waals surface area contributed by atoms with Crippen LogP contribution in [0.3, 0.4) is 0 Å². The average Bonchev–Trinajstić information content (AvgIpc) is 2.76. The molecule has 0 spiro atoms. The Hall–Kier alpha value is -0.930. The van der Waals surface area contributed by atoms with E-state index in [0.29, 0.717) is 0 Å². The summed E-state index contributed by atoms with van der Waals surface area (Å²) in [5.74, 6) is -0.512. The summed E-state index contributed by atoms with van der Waals surface area (Å²) in [5.41, 5.74) is 1.98. The molecule has 0 bridgehead atoms. The zero-order chi connectivity index (χ0) is 17.6. The fourth-order valence-corrected chi connectivity index (χ4v) is 3.96. The number of unbranched alkanes of at least 4 members (excludes halogenated alkanes) is 4. The number of aldehydes is 1. The molecule has 1 saturated heterocycles. The van der Waals surface area contributed by atoms with Crippen LogP contribution in [0.4, 0.5) is 0 Å². The highest BCUT2D eigenvalue weighted by molar-refractivity contribution is 5.74. The molecule has 0 aromatic heterocycles. The lowest BCUT2D eigenvalue weighted by Crippen LogP contribution is -2.37. The van der Waals surface area contributed by atoms with Gasteiger partial charge in [0.05, 0.1) is 11.7 Å². The van der Waals surface area contributed by atoms with Gasteiger partial charge < -0.3 is 9.47 Å². The highest BCUT2D eigenvalue weighted by atomic mass is 16.8. The van der Waals surface area contributed by atoms with Crippen LogP contribution in [0.2, 0.25) is 0 Å². The van der Waals surface area contributed by atoms with Gasteiger partial charge in [0.25, 0.3) is 0 Å². The quantitative estimate of drug-likeness (QED) is 0.413. The SMILES string of the molecule is CCCCCCCC1OC(C)(C)OC1(C)CC1=CC=C(C=O)CC1. The number of carbonyl (C=O) groups excluding carboxylic acids is 1. The highest BCUT2D eigenvalue weighted by Gasteiger charge is 2.49. The van der Waals surface area contributed by atoms with Crippen molar-refractivity contribution in [3.63, 3.8) is 0 Å². The smallest absolute Gasteiger partial charge is 0.164 e. The van der Waals surface area contributed by atoms with Crippen molar-refractivity contribution < 1.29 is 14.3 Å². The van der Waals surface area contributed by atoms with E-state index in [1.165, 1.54) is 37.7 Å². The molecule has 24 heavy (non-hydrogen) atoms. The lowest BCUT2D eigenvalue weighted by Gasteiger charge is -2.31. The molecular weight excluding hydrogens is 300 g/mol. The minimum Gasteiger partial charge on any atom is -0.344 e. The fourth-order valence-electron chi connectivity index (χ4n) is 3.96. The van der Waals surface area contributed by atoms with E-state index < -0.39 is 5.79 Å². The minimum absolute atomic E-state index is 0.145. The third kappa shape index (κ3) is 5.29. The molecule has 0 aromatic carbocycles. The van der Waals surface area contributed by atoms with Gasteiger partial charge in [-0.3, -0.25) is 4.79 Å². The van der Waals surface area contributed by atoms with Crippen LogP contribution >= 0.6 is 0 Å². The van der Waals surface area contributed by atoms with Crippen LogP contribution in [0.25, 0.3) is 0 Å². The van der Waals surface area contributed by atoms with Gasteiger partial charge in [-0.05, 0) is 45.6 Å². The van der Waals surface area contributed by atoms with Crippen LogP contribution in [0.5, 0.6) is 0 Å². The fraction of sp³-hybridized carbons (Fsp3) is 0.762. The van der Waals surface area contributed by atoms with Crippen LogP contribution in [-0.4, -0.2) is 23.8 Å². The molecule has 3 nitrogen and oxygen atoms in total. The van der Waals surface area contributed by atoms with Crippen LogP contribution < -0.4 is 0 Å². The zero-order valence-corrected chi connectivity index (χ0v) is 15.9. The molecule has 0 amide bonds. The van der Waals surface area contributed by atoms with Gasteiger partial charge in [-0.15, -0.1) is 0 Å². The Morgan fingerprint density at radius 3 is 2.50 bits per heavy atom. The van der Waals surface area contributed by atoms with Crippen LogP contribution in [0.15, 0.2) is 23.3 Å². The van der Waals surface area contributed by atoms with E-state index in [0.717, 1.165) is 37.5 Å². The highest BCUT2D eigenvalue weighted by Crippen LogP contribution is 2.43. The van der Waals surface area contributed by atoms with Gasteiger partial charge in [-0.25, -0.2) is 0 Å². The molecule has 2 atom stereocenters. The second kappa shape index (κ2) is 8.44. The maximum Gasteiger partial charge on any atom is 0.164 e. The Morgan fingerprint density at radius 1 is 1.12 bits per heavy atom. The van der Waals surface area contributed by atoms with Gasteiger partial charge in [0.1, 0.15) is 6.29 Å². The first-order chi connectivity index (χ1) is 11.4. The third-order valence-electron chi connectivity index (χ3n) is 5.15. The molecule has 2 unspecified atom stereocenters. The summed E-state index contributed by atoms with van der Waals surface area (Å²) in [6, 6.07) is 0. The van der Waals surface area contributed by atoms with Crippen molar-refractivity contribution in [2.24, 2.45) is 0 Å². The molecule has 0 N–H and O–H groups in total. The van der Waals surface area contributed by atoms with E-state index >= 15 is 0 Å². The van der Waals surface area contributed by atoms with Crippen molar-refractivity contribution in [2.75, 3.05) is 0 Å². The summed E-state index contributed by atoms with van der Waals surface area (Å²) in [6.07, 6.45) is 15.3. The molecule has 0 aromatic rings.